The number of halogens is 1. The monoisotopic (exact) mass is 292 g/mol. The van der Waals surface area contributed by atoms with Gasteiger partial charge in [0, 0.05) is 16.5 Å². The summed E-state index contributed by atoms with van der Waals surface area (Å²) in [5.74, 6) is 0. The number of aryl methyl sites for hydroxylation is 1. The third-order valence-corrected chi connectivity index (χ3v) is 3.75. The lowest BCUT2D eigenvalue weighted by atomic mass is 10.0. The summed E-state index contributed by atoms with van der Waals surface area (Å²) in [6.07, 6.45) is 0. The van der Waals surface area contributed by atoms with Crippen molar-refractivity contribution < 1.29 is 0 Å². The van der Waals surface area contributed by atoms with Gasteiger partial charge in [0.05, 0.1) is 22.3 Å². The zero-order chi connectivity index (χ0) is 14.8. The minimum Gasteiger partial charge on any atom is -0.354 e. The van der Waals surface area contributed by atoms with Crippen LogP contribution in [0.5, 0.6) is 0 Å². The third kappa shape index (κ3) is 2.56. The molecule has 0 aliphatic rings. The van der Waals surface area contributed by atoms with Gasteiger partial charge in [-0.15, -0.1) is 0 Å². The van der Waals surface area contributed by atoms with Crippen LogP contribution in [0.25, 0.3) is 10.8 Å². The number of fused-ring (bicyclic) bond motifs is 1. The lowest BCUT2D eigenvalue weighted by molar-refractivity contribution is 1.45. The van der Waals surface area contributed by atoms with Crippen molar-refractivity contribution in [1.29, 1.82) is 5.26 Å². The topological polar surface area (TPSA) is 35.8 Å². The zero-order valence-electron chi connectivity index (χ0n) is 11.5. The molecule has 0 spiro atoms. The van der Waals surface area contributed by atoms with Gasteiger partial charge in [0.1, 0.15) is 0 Å². The predicted molar refractivity (Wildman–Crippen MR) is 88.1 cm³/mol. The maximum absolute atomic E-state index is 9.20. The quantitative estimate of drug-likeness (QED) is 0.685. The van der Waals surface area contributed by atoms with Crippen molar-refractivity contribution in [2.24, 2.45) is 0 Å². The highest BCUT2D eigenvalue weighted by Gasteiger charge is 2.07. The van der Waals surface area contributed by atoms with E-state index in [1.807, 2.05) is 61.5 Å². The van der Waals surface area contributed by atoms with Crippen LogP contribution in [-0.2, 0) is 0 Å². The molecular weight excluding hydrogens is 280 g/mol. The molecule has 0 atom stereocenters. The Hall–Kier alpha value is -2.50. The van der Waals surface area contributed by atoms with E-state index >= 15 is 0 Å². The highest BCUT2D eigenvalue weighted by molar-refractivity contribution is 6.33. The summed E-state index contributed by atoms with van der Waals surface area (Å²) in [6, 6.07) is 19.7. The molecular formula is C18H13ClN2. The molecule has 1 N–H and O–H groups in total. The predicted octanol–water partition coefficient (Wildman–Crippen LogP) is 5.42. The van der Waals surface area contributed by atoms with Crippen LogP contribution in [0.15, 0.2) is 54.6 Å². The fraction of sp³-hybridized carbons (Fsp3) is 0.0556. The van der Waals surface area contributed by atoms with Gasteiger partial charge in [0.25, 0.3) is 0 Å². The van der Waals surface area contributed by atoms with Gasteiger partial charge in [-0.2, -0.15) is 5.26 Å². The molecule has 0 bridgehead atoms. The van der Waals surface area contributed by atoms with E-state index in [0.717, 1.165) is 27.7 Å². The molecule has 3 heteroatoms. The molecule has 0 aliphatic carbocycles. The number of hydrogen-bond donors (Lipinski definition) is 1. The summed E-state index contributed by atoms with van der Waals surface area (Å²) < 4.78 is 0. The Bertz CT molecular complexity index is 863. The molecule has 0 aliphatic heterocycles. The van der Waals surface area contributed by atoms with E-state index in [2.05, 4.69) is 11.4 Å². The second-order valence-corrected chi connectivity index (χ2v) is 5.33. The number of nitriles is 1. The van der Waals surface area contributed by atoms with Crippen LogP contribution in [0.1, 0.15) is 11.1 Å². The minimum atomic E-state index is 0.672. The maximum atomic E-state index is 9.20. The number of nitrogens with zero attached hydrogens (tertiary/aromatic N) is 1. The molecule has 0 fully saturated rings. The average molecular weight is 293 g/mol. The van der Waals surface area contributed by atoms with Gasteiger partial charge in [-0.05, 0) is 36.8 Å². The van der Waals surface area contributed by atoms with Crippen LogP contribution >= 0.6 is 11.6 Å². The first-order chi connectivity index (χ1) is 10.2. The molecule has 3 aromatic rings. The molecule has 3 rings (SSSR count). The molecule has 2 nitrogen and oxygen atoms in total. The molecule has 21 heavy (non-hydrogen) atoms. The van der Waals surface area contributed by atoms with Crippen LogP contribution in [0, 0.1) is 18.3 Å². The lowest BCUT2D eigenvalue weighted by Gasteiger charge is -2.12. The average Bonchev–Trinajstić information content (AvgIpc) is 2.50. The van der Waals surface area contributed by atoms with E-state index in [1.54, 1.807) is 0 Å². The van der Waals surface area contributed by atoms with Gasteiger partial charge in [-0.3, -0.25) is 0 Å². The fourth-order valence-electron chi connectivity index (χ4n) is 2.37. The Morgan fingerprint density at radius 2 is 1.67 bits per heavy atom. The Morgan fingerprint density at radius 3 is 2.38 bits per heavy atom. The van der Waals surface area contributed by atoms with Crippen molar-refractivity contribution in [2.45, 2.75) is 6.92 Å². The second kappa shape index (κ2) is 5.47. The van der Waals surface area contributed by atoms with Crippen molar-refractivity contribution in [2.75, 3.05) is 5.32 Å². The molecule has 0 heterocycles. The standard InChI is InChI=1S/C18H13ClN2/c1-12-6-8-18(16(19)10-12)21-17-9-7-13(11-20)14-4-2-3-5-15(14)17/h2-10,21H,1H3. The Labute approximate surface area is 128 Å². The van der Waals surface area contributed by atoms with Crippen molar-refractivity contribution in [3.05, 3.63) is 70.7 Å². The highest BCUT2D eigenvalue weighted by atomic mass is 35.5. The Morgan fingerprint density at radius 1 is 0.952 bits per heavy atom. The van der Waals surface area contributed by atoms with Crippen LogP contribution in [0.2, 0.25) is 5.02 Å². The van der Waals surface area contributed by atoms with Crippen molar-refractivity contribution in [1.82, 2.24) is 0 Å². The molecule has 3 aromatic carbocycles. The molecule has 0 radical (unpaired) electrons. The van der Waals surface area contributed by atoms with E-state index < -0.39 is 0 Å². The number of benzene rings is 3. The van der Waals surface area contributed by atoms with E-state index in [9.17, 15) is 5.26 Å². The normalized spacial score (nSPS) is 10.3. The Balaban J connectivity index is 2.12. The summed E-state index contributed by atoms with van der Waals surface area (Å²) in [7, 11) is 0. The van der Waals surface area contributed by atoms with Gasteiger partial charge in [0.2, 0.25) is 0 Å². The fourth-order valence-corrected chi connectivity index (χ4v) is 2.65. The van der Waals surface area contributed by atoms with Crippen molar-refractivity contribution >= 4 is 33.7 Å². The number of anilines is 2. The van der Waals surface area contributed by atoms with Gasteiger partial charge < -0.3 is 5.32 Å². The first kappa shape index (κ1) is 13.5. The first-order valence-corrected chi connectivity index (χ1v) is 7.02. The van der Waals surface area contributed by atoms with E-state index in [0.29, 0.717) is 10.6 Å². The van der Waals surface area contributed by atoms with Crippen molar-refractivity contribution in [3.8, 4) is 6.07 Å². The first-order valence-electron chi connectivity index (χ1n) is 6.64. The Kier molecular flexibility index (Phi) is 3.51. The van der Waals surface area contributed by atoms with Crippen molar-refractivity contribution in [3.63, 3.8) is 0 Å². The van der Waals surface area contributed by atoms with Crippen LogP contribution in [0.4, 0.5) is 11.4 Å². The smallest absolute Gasteiger partial charge is 0.0998 e. The molecule has 0 saturated heterocycles. The molecule has 0 unspecified atom stereocenters. The van der Waals surface area contributed by atoms with Gasteiger partial charge in [-0.1, -0.05) is 41.9 Å². The summed E-state index contributed by atoms with van der Waals surface area (Å²) in [5, 5.41) is 15.2. The third-order valence-electron chi connectivity index (χ3n) is 3.44. The summed E-state index contributed by atoms with van der Waals surface area (Å²) in [5.41, 5.74) is 3.59. The van der Waals surface area contributed by atoms with Crippen LogP contribution in [0.3, 0.4) is 0 Å². The molecule has 0 aromatic heterocycles. The molecule has 102 valence electrons. The second-order valence-electron chi connectivity index (χ2n) is 4.93. The largest absolute Gasteiger partial charge is 0.354 e. The SMILES string of the molecule is Cc1ccc(Nc2ccc(C#N)c3ccccc23)c(Cl)c1. The zero-order valence-corrected chi connectivity index (χ0v) is 12.3. The van der Waals surface area contributed by atoms with Crippen LogP contribution in [-0.4, -0.2) is 0 Å². The minimum absolute atomic E-state index is 0.672. The summed E-state index contributed by atoms with van der Waals surface area (Å²) >= 11 is 6.27. The summed E-state index contributed by atoms with van der Waals surface area (Å²) in [4.78, 5) is 0. The van der Waals surface area contributed by atoms with Crippen LogP contribution < -0.4 is 5.32 Å². The van der Waals surface area contributed by atoms with Gasteiger partial charge >= 0.3 is 0 Å². The van der Waals surface area contributed by atoms with E-state index in [4.69, 9.17) is 11.6 Å². The van der Waals surface area contributed by atoms with E-state index in [-0.39, 0.29) is 0 Å². The number of hydrogen-bond acceptors (Lipinski definition) is 2. The highest BCUT2D eigenvalue weighted by Crippen LogP contribution is 2.31. The van der Waals surface area contributed by atoms with Gasteiger partial charge in [0.15, 0.2) is 0 Å². The van der Waals surface area contributed by atoms with Gasteiger partial charge in [-0.25, -0.2) is 0 Å². The number of rotatable bonds is 2. The molecule has 0 saturated carbocycles. The maximum Gasteiger partial charge on any atom is 0.0998 e. The number of nitrogens with one attached hydrogen (secondary N) is 1. The lowest BCUT2D eigenvalue weighted by Crippen LogP contribution is -1.94. The molecule has 0 amide bonds. The van der Waals surface area contributed by atoms with E-state index in [1.165, 1.54) is 0 Å². The summed E-state index contributed by atoms with van der Waals surface area (Å²) in [6.45, 7) is 2.01.